The van der Waals surface area contributed by atoms with Crippen LogP contribution in [0.3, 0.4) is 0 Å². The lowest BCUT2D eigenvalue weighted by molar-refractivity contribution is -0.173. The number of aromatic hydroxyl groups is 1. The van der Waals surface area contributed by atoms with E-state index in [1.54, 1.807) is 0 Å². The van der Waals surface area contributed by atoms with Gasteiger partial charge in [0, 0.05) is 11.8 Å². The van der Waals surface area contributed by atoms with Gasteiger partial charge in [-0.1, -0.05) is 11.6 Å². The molecule has 0 saturated carbocycles. The van der Waals surface area contributed by atoms with Crippen molar-refractivity contribution in [2.24, 2.45) is 5.50 Å². The number of nitrogens with one attached hydrogen (secondary N) is 1. The van der Waals surface area contributed by atoms with Crippen LogP contribution in [0.5, 0.6) is 5.75 Å². The molecule has 78 valence electrons. The Kier molecular flexibility index (Phi) is 2.92. The van der Waals surface area contributed by atoms with Crippen molar-refractivity contribution in [3.63, 3.8) is 0 Å². The molecule has 1 aromatic carbocycles. The Labute approximate surface area is 85.0 Å². The highest BCUT2D eigenvalue weighted by atomic mass is 35.5. The molecule has 0 aliphatic carbocycles. The van der Waals surface area contributed by atoms with Crippen molar-refractivity contribution in [3.05, 3.63) is 17.2 Å². The number of anilines is 2. The van der Waals surface area contributed by atoms with E-state index in [1.165, 1.54) is 6.07 Å². The van der Waals surface area contributed by atoms with Gasteiger partial charge >= 0.3 is 0 Å². The summed E-state index contributed by atoms with van der Waals surface area (Å²) >= 11 is 5.62. The molecule has 0 radical (unpaired) electrons. The van der Waals surface area contributed by atoms with E-state index in [4.69, 9.17) is 22.8 Å². The van der Waals surface area contributed by atoms with E-state index in [0.717, 1.165) is 6.07 Å². The van der Waals surface area contributed by atoms with E-state index in [1.807, 2.05) is 5.09 Å². The van der Waals surface area contributed by atoms with E-state index in [9.17, 15) is 14.6 Å². The smallest absolute Gasteiger partial charge is 0.165 e. The maximum atomic E-state index is 10.7. The average molecular weight is 237 g/mol. The predicted octanol–water partition coefficient (Wildman–Crippen LogP) is 0.467. The summed E-state index contributed by atoms with van der Waals surface area (Å²) in [5.41, 5.74) is 10.1. The zero-order chi connectivity index (χ0) is 10.9. The first-order valence-electron chi connectivity index (χ1n) is 3.45. The van der Waals surface area contributed by atoms with Crippen molar-refractivity contribution >= 4 is 30.6 Å². The fourth-order valence-electron chi connectivity index (χ4n) is 0.879. The Bertz CT molecular complexity index is 382. The Morgan fingerprint density at radius 3 is 2.57 bits per heavy atom. The number of halogens is 1. The summed E-state index contributed by atoms with van der Waals surface area (Å²) in [7, 11) is -4.24. The molecule has 1 rings (SSSR count). The van der Waals surface area contributed by atoms with Crippen molar-refractivity contribution in [1.82, 2.24) is 0 Å². The summed E-state index contributed by atoms with van der Waals surface area (Å²) in [5.74, 6) is -0.378. The van der Waals surface area contributed by atoms with E-state index < -0.39 is 7.67 Å². The van der Waals surface area contributed by atoms with Crippen molar-refractivity contribution in [2.45, 2.75) is 0 Å². The lowest BCUT2D eigenvalue weighted by atomic mass is 10.2. The summed E-state index contributed by atoms with van der Waals surface area (Å²) in [6.07, 6.45) is 0. The molecule has 6 nitrogen and oxygen atoms in total. The molecule has 0 fully saturated rings. The molecular weight excluding hydrogens is 229 g/mol. The highest BCUT2D eigenvalue weighted by molar-refractivity contribution is 7.55. The molecule has 0 bridgehead atoms. The average Bonchev–Trinajstić information content (AvgIpc) is 1.95. The van der Waals surface area contributed by atoms with Gasteiger partial charge in [0.15, 0.2) is 7.67 Å². The van der Waals surface area contributed by atoms with Crippen molar-refractivity contribution in [2.75, 3.05) is 10.8 Å². The van der Waals surface area contributed by atoms with E-state index in [0.29, 0.717) is 0 Å². The number of phenolic OH excluding ortho intramolecular Hbond substituents is 1. The Morgan fingerprint density at radius 2 is 2.14 bits per heavy atom. The molecule has 1 atom stereocenters. The monoisotopic (exact) mass is 236 g/mol. The van der Waals surface area contributed by atoms with Gasteiger partial charge in [-0.15, -0.1) is 0 Å². The molecule has 0 amide bonds. The van der Waals surface area contributed by atoms with Gasteiger partial charge in [-0.05, 0) is 6.07 Å². The topological polar surface area (TPSA) is 124 Å². The van der Waals surface area contributed by atoms with E-state index in [2.05, 4.69) is 0 Å². The van der Waals surface area contributed by atoms with Crippen molar-refractivity contribution < 1.29 is 14.6 Å². The molecule has 1 aromatic rings. The van der Waals surface area contributed by atoms with Gasteiger partial charge in [0.25, 0.3) is 0 Å². The second-order valence-electron chi connectivity index (χ2n) is 2.61. The minimum Gasteiger partial charge on any atom is -0.772 e. The summed E-state index contributed by atoms with van der Waals surface area (Å²) in [4.78, 5) is 10.7. The number of nitrogens with two attached hydrogens (primary N) is 2. The lowest BCUT2D eigenvalue weighted by Crippen LogP contribution is -2.17. The summed E-state index contributed by atoms with van der Waals surface area (Å²) in [6, 6.07) is 2.45. The van der Waals surface area contributed by atoms with Crippen LogP contribution in [-0.2, 0) is 4.57 Å². The van der Waals surface area contributed by atoms with Gasteiger partial charge in [-0.2, -0.15) is 0 Å². The van der Waals surface area contributed by atoms with Crippen LogP contribution in [-0.4, -0.2) is 5.11 Å². The van der Waals surface area contributed by atoms with Crippen molar-refractivity contribution in [1.29, 1.82) is 0 Å². The molecule has 8 heteroatoms. The van der Waals surface area contributed by atoms with Crippen LogP contribution in [0.4, 0.5) is 11.4 Å². The molecule has 1 unspecified atom stereocenters. The minimum atomic E-state index is -4.24. The lowest BCUT2D eigenvalue weighted by Gasteiger charge is -2.21. The molecule has 0 spiro atoms. The quantitative estimate of drug-likeness (QED) is 0.336. The maximum Gasteiger partial charge on any atom is 0.165 e. The Hall–Kier alpha value is -0.940. The van der Waals surface area contributed by atoms with Crippen LogP contribution in [0.1, 0.15) is 0 Å². The molecule has 0 saturated heterocycles. The minimum absolute atomic E-state index is 0.0241. The van der Waals surface area contributed by atoms with Gasteiger partial charge in [0.1, 0.15) is 11.4 Å². The molecule has 0 aliphatic rings. The standard InChI is InChI=1S/C6H9ClN3O3P/c7-4-1-3(8)2-5(11)6(4)10-14(9,12)13/h1-2,11H,8H2,(H4,9,10,12,13)/p-1. The second-order valence-corrected chi connectivity index (χ2v) is 4.43. The third kappa shape index (κ3) is 2.78. The third-order valence-electron chi connectivity index (χ3n) is 1.36. The summed E-state index contributed by atoms with van der Waals surface area (Å²) in [5, 5.41) is 11.2. The fourth-order valence-corrected chi connectivity index (χ4v) is 1.76. The highest BCUT2D eigenvalue weighted by Gasteiger charge is 2.10. The summed E-state index contributed by atoms with van der Waals surface area (Å²) in [6.45, 7) is 0. The Morgan fingerprint density at radius 1 is 1.57 bits per heavy atom. The number of phenols is 1. The van der Waals surface area contributed by atoms with Crippen LogP contribution >= 0.6 is 19.3 Å². The number of benzene rings is 1. The van der Waals surface area contributed by atoms with Gasteiger partial charge < -0.3 is 20.8 Å². The Balaban J connectivity index is 3.15. The van der Waals surface area contributed by atoms with Gasteiger partial charge in [0.05, 0.1) is 5.02 Å². The zero-order valence-corrected chi connectivity index (χ0v) is 8.55. The molecule has 14 heavy (non-hydrogen) atoms. The van der Waals surface area contributed by atoms with Crippen LogP contribution < -0.4 is 21.2 Å². The van der Waals surface area contributed by atoms with Crippen LogP contribution in [0, 0.1) is 0 Å². The van der Waals surface area contributed by atoms with E-state index in [-0.39, 0.29) is 22.1 Å². The largest absolute Gasteiger partial charge is 0.772 e. The molecule has 0 aliphatic heterocycles. The maximum absolute atomic E-state index is 10.7. The first kappa shape index (κ1) is 11.1. The first-order chi connectivity index (χ1) is 6.29. The second kappa shape index (κ2) is 3.67. The third-order valence-corrected chi connectivity index (χ3v) is 2.19. The number of nitrogen functional groups attached to an aromatic ring is 1. The molecule has 0 heterocycles. The van der Waals surface area contributed by atoms with E-state index >= 15 is 0 Å². The fraction of sp³-hybridized carbons (Fsp3) is 0. The van der Waals surface area contributed by atoms with Crippen LogP contribution in [0.15, 0.2) is 12.1 Å². The van der Waals surface area contributed by atoms with Gasteiger partial charge in [-0.25, -0.2) is 0 Å². The van der Waals surface area contributed by atoms with Gasteiger partial charge in [0.2, 0.25) is 0 Å². The molecule has 0 aromatic heterocycles. The number of hydrogen-bond acceptors (Lipinski definition) is 4. The highest BCUT2D eigenvalue weighted by Crippen LogP contribution is 2.39. The van der Waals surface area contributed by atoms with Crippen LogP contribution in [0.2, 0.25) is 5.02 Å². The van der Waals surface area contributed by atoms with Gasteiger partial charge in [-0.3, -0.25) is 10.1 Å². The normalized spacial score (nSPS) is 14.8. The number of rotatable bonds is 2. The van der Waals surface area contributed by atoms with Crippen LogP contribution in [0.25, 0.3) is 0 Å². The zero-order valence-electron chi connectivity index (χ0n) is 6.90. The number of hydrogen-bond donors (Lipinski definition) is 4. The molecular formula is C6H8ClN3O3P-. The van der Waals surface area contributed by atoms with Crippen molar-refractivity contribution in [3.8, 4) is 5.75 Å². The summed E-state index contributed by atoms with van der Waals surface area (Å²) < 4.78 is 10.7. The predicted molar refractivity (Wildman–Crippen MR) is 52.9 cm³/mol. The SMILES string of the molecule is Nc1cc(O)c(NP(N)(=O)[O-])c(Cl)c1. The first-order valence-corrected chi connectivity index (χ1v) is 5.52. The molecule has 6 N–H and O–H groups in total.